The van der Waals surface area contributed by atoms with Crippen LogP contribution in [0.5, 0.6) is 0 Å². The largest absolute Gasteiger partial charge is 0.330 e. The smallest absolute Gasteiger partial charge is 0.0307 e. The standard InChI is InChI=1S/C20H32N4/c21-11-5-14-23-12-3-4-13-24-15-10-20(22)19-9-8-17-6-1-2-7-18(17)16-19/h1-2,6-9,16,20,23-24H,3-5,10-15,21-22H2. The Morgan fingerprint density at radius 2 is 1.46 bits per heavy atom. The van der Waals surface area contributed by atoms with Crippen molar-refractivity contribution in [3.8, 4) is 0 Å². The van der Waals surface area contributed by atoms with E-state index in [1.807, 2.05) is 0 Å². The molecule has 2 rings (SSSR count). The van der Waals surface area contributed by atoms with Crippen LogP contribution in [0.25, 0.3) is 10.8 Å². The summed E-state index contributed by atoms with van der Waals surface area (Å²) in [6.45, 7) is 4.91. The first-order chi connectivity index (χ1) is 11.8. The number of hydrogen-bond acceptors (Lipinski definition) is 4. The summed E-state index contributed by atoms with van der Waals surface area (Å²) < 4.78 is 0. The highest BCUT2D eigenvalue weighted by Crippen LogP contribution is 2.20. The van der Waals surface area contributed by atoms with E-state index in [9.17, 15) is 0 Å². The molecule has 1 unspecified atom stereocenters. The van der Waals surface area contributed by atoms with Crippen molar-refractivity contribution in [2.24, 2.45) is 11.5 Å². The minimum absolute atomic E-state index is 0.0973. The topological polar surface area (TPSA) is 76.1 Å². The molecule has 132 valence electrons. The van der Waals surface area contributed by atoms with Crippen molar-refractivity contribution < 1.29 is 0 Å². The second-order valence-electron chi connectivity index (χ2n) is 6.35. The first-order valence-corrected chi connectivity index (χ1v) is 9.17. The summed E-state index contributed by atoms with van der Waals surface area (Å²) in [5.41, 5.74) is 13.0. The molecule has 0 saturated heterocycles. The average Bonchev–Trinajstić information content (AvgIpc) is 2.62. The van der Waals surface area contributed by atoms with Crippen LogP contribution < -0.4 is 22.1 Å². The molecule has 0 saturated carbocycles. The van der Waals surface area contributed by atoms with Gasteiger partial charge in [0.2, 0.25) is 0 Å². The Bertz CT molecular complexity index is 585. The monoisotopic (exact) mass is 328 g/mol. The van der Waals surface area contributed by atoms with Crippen molar-refractivity contribution in [2.45, 2.75) is 31.7 Å². The molecule has 24 heavy (non-hydrogen) atoms. The number of benzene rings is 2. The van der Waals surface area contributed by atoms with Crippen LogP contribution in [0.4, 0.5) is 0 Å². The van der Waals surface area contributed by atoms with E-state index >= 15 is 0 Å². The van der Waals surface area contributed by atoms with Gasteiger partial charge in [-0.25, -0.2) is 0 Å². The van der Waals surface area contributed by atoms with Gasteiger partial charge in [0.15, 0.2) is 0 Å². The predicted octanol–water partition coefficient (Wildman–Crippen LogP) is 2.54. The number of rotatable bonds is 12. The van der Waals surface area contributed by atoms with E-state index in [0.29, 0.717) is 0 Å². The van der Waals surface area contributed by atoms with Crippen molar-refractivity contribution in [3.05, 3.63) is 48.0 Å². The van der Waals surface area contributed by atoms with Crippen molar-refractivity contribution in [1.82, 2.24) is 10.6 Å². The Kier molecular flexibility index (Phi) is 8.77. The Balaban J connectivity index is 1.58. The Labute approximate surface area is 146 Å². The molecule has 0 aliphatic rings. The number of fused-ring (bicyclic) bond motifs is 1. The van der Waals surface area contributed by atoms with Gasteiger partial charge in [-0.2, -0.15) is 0 Å². The summed E-state index contributed by atoms with van der Waals surface area (Å²) in [5, 5.41) is 9.44. The van der Waals surface area contributed by atoms with Gasteiger partial charge in [-0.15, -0.1) is 0 Å². The van der Waals surface area contributed by atoms with E-state index < -0.39 is 0 Å². The van der Waals surface area contributed by atoms with E-state index in [4.69, 9.17) is 11.5 Å². The van der Waals surface area contributed by atoms with Crippen LogP contribution in [-0.4, -0.2) is 32.7 Å². The van der Waals surface area contributed by atoms with Gasteiger partial charge in [0, 0.05) is 6.04 Å². The average molecular weight is 329 g/mol. The molecule has 0 aromatic heterocycles. The van der Waals surface area contributed by atoms with Gasteiger partial charge in [0.1, 0.15) is 0 Å². The summed E-state index contributed by atoms with van der Waals surface area (Å²) in [7, 11) is 0. The van der Waals surface area contributed by atoms with E-state index in [-0.39, 0.29) is 6.04 Å². The first-order valence-electron chi connectivity index (χ1n) is 9.17. The maximum atomic E-state index is 6.33. The fourth-order valence-electron chi connectivity index (χ4n) is 2.84. The highest BCUT2D eigenvalue weighted by molar-refractivity contribution is 5.83. The van der Waals surface area contributed by atoms with Gasteiger partial charge in [-0.1, -0.05) is 36.4 Å². The number of hydrogen-bond donors (Lipinski definition) is 4. The molecule has 6 N–H and O–H groups in total. The number of nitrogens with one attached hydrogen (secondary N) is 2. The van der Waals surface area contributed by atoms with Gasteiger partial charge in [0.25, 0.3) is 0 Å². The zero-order valence-electron chi connectivity index (χ0n) is 14.6. The van der Waals surface area contributed by atoms with Gasteiger partial charge in [-0.3, -0.25) is 0 Å². The third-order valence-corrected chi connectivity index (χ3v) is 4.35. The SMILES string of the molecule is NCCCNCCCCNCCC(N)c1ccc2ccccc2c1. The lowest BCUT2D eigenvalue weighted by atomic mass is 10.0. The summed E-state index contributed by atoms with van der Waals surface area (Å²) >= 11 is 0. The highest BCUT2D eigenvalue weighted by Gasteiger charge is 2.06. The molecule has 0 aliphatic carbocycles. The van der Waals surface area contributed by atoms with Crippen LogP contribution >= 0.6 is 0 Å². The molecular formula is C20H32N4. The Morgan fingerprint density at radius 1 is 0.792 bits per heavy atom. The van der Waals surface area contributed by atoms with Crippen LogP contribution in [0.3, 0.4) is 0 Å². The van der Waals surface area contributed by atoms with Crippen LogP contribution in [0.1, 0.15) is 37.3 Å². The second kappa shape index (κ2) is 11.2. The molecule has 4 nitrogen and oxygen atoms in total. The third kappa shape index (κ3) is 6.57. The highest BCUT2D eigenvalue weighted by atomic mass is 14.9. The Hall–Kier alpha value is -1.46. The Morgan fingerprint density at radius 3 is 2.21 bits per heavy atom. The second-order valence-corrected chi connectivity index (χ2v) is 6.35. The van der Waals surface area contributed by atoms with Gasteiger partial charge < -0.3 is 22.1 Å². The molecule has 0 fully saturated rings. The molecule has 1 atom stereocenters. The molecule has 0 heterocycles. The molecule has 0 spiro atoms. The number of unbranched alkanes of at least 4 members (excludes halogenated alkanes) is 1. The number of nitrogens with two attached hydrogens (primary N) is 2. The lowest BCUT2D eigenvalue weighted by Crippen LogP contribution is -2.23. The third-order valence-electron chi connectivity index (χ3n) is 4.35. The summed E-state index contributed by atoms with van der Waals surface area (Å²) in [6.07, 6.45) is 4.42. The van der Waals surface area contributed by atoms with Gasteiger partial charge >= 0.3 is 0 Å². The molecule has 4 heteroatoms. The lowest BCUT2D eigenvalue weighted by molar-refractivity contribution is 0.546. The molecule has 0 bridgehead atoms. The first kappa shape index (κ1) is 18.9. The maximum absolute atomic E-state index is 6.33. The minimum Gasteiger partial charge on any atom is -0.330 e. The van der Waals surface area contributed by atoms with Gasteiger partial charge in [-0.05, 0) is 80.8 Å². The summed E-state index contributed by atoms with van der Waals surface area (Å²) in [6, 6.07) is 15.1. The predicted molar refractivity (Wildman–Crippen MR) is 104 cm³/mol. The molecule has 0 radical (unpaired) electrons. The molecular weight excluding hydrogens is 296 g/mol. The van der Waals surface area contributed by atoms with E-state index in [2.05, 4.69) is 53.1 Å². The van der Waals surface area contributed by atoms with E-state index in [1.54, 1.807) is 0 Å². The fraction of sp³-hybridized carbons (Fsp3) is 0.500. The van der Waals surface area contributed by atoms with E-state index in [0.717, 1.165) is 45.6 Å². The normalized spacial score (nSPS) is 12.6. The van der Waals surface area contributed by atoms with Crippen LogP contribution in [0, 0.1) is 0 Å². The fourth-order valence-corrected chi connectivity index (χ4v) is 2.84. The van der Waals surface area contributed by atoms with Crippen LogP contribution in [-0.2, 0) is 0 Å². The van der Waals surface area contributed by atoms with Crippen molar-refractivity contribution in [2.75, 3.05) is 32.7 Å². The van der Waals surface area contributed by atoms with Gasteiger partial charge in [0.05, 0.1) is 0 Å². The zero-order valence-corrected chi connectivity index (χ0v) is 14.6. The zero-order chi connectivity index (χ0) is 17.0. The van der Waals surface area contributed by atoms with Crippen LogP contribution in [0.2, 0.25) is 0 Å². The quantitative estimate of drug-likeness (QED) is 0.452. The molecule has 2 aromatic carbocycles. The molecule has 0 amide bonds. The molecule has 2 aromatic rings. The minimum atomic E-state index is 0.0973. The molecule has 0 aliphatic heterocycles. The van der Waals surface area contributed by atoms with Crippen molar-refractivity contribution in [1.29, 1.82) is 0 Å². The van der Waals surface area contributed by atoms with E-state index in [1.165, 1.54) is 29.2 Å². The maximum Gasteiger partial charge on any atom is 0.0307 e. The van der Waals surface area contributed by atoms with Crippen LogP contribution in [0.15, 0.2) is 42.5 Å². The summed E-state index contributed by atoms with van der Waals surface area (Å²) in [5.74, 6) is 0. The van der Waals surface area contributed by atoms with Crippen molar-refractivity contribution >= 4 is 10.8 Å². The van der Waals surface area contributed by atoms with Crippen molar-refractivity contribution in [3.63, 3.8) is 0 Å². The lowest BCUT2D eigenvalue weighted by Gasteiger charge is -2.13. The summed E-state index contributed by atoms with van der Waals surface area (Å²) in [4.78, 5) is 0.